The van der Waals surface area contributed by atoms with Gasteiger partial charge in [-0.05, 0) is 6.42 Å². The molecule has 0 unspecified atom stereocenters. The first-order valence-corrected chi connectivity index (χ1v) is 7.25. The largest absolute Gasteiger partial charge is 0.142 e. The number of rotatable bonds is 4. The highest BCUT2D eigenvalue weighted by atomic mass is 32.2. The highest BCUT2D eigenvalue weighted by Gasteiger charge is 2.23. The van der Waals surface area contributed by atoms with Crippen molar-refractivity contribution in [2.24, 2.45) is 0 Å². The third kappa shape index (κ3) is 9.26. The van der Waals surface area contributed by atoms with Gasteiger partial charge in [-0.25, -0.2) is 0 Å². The molecule has 0 radical (unpaired) electrons. The van der Waals surface area contributed by atoms with Gasteiger partial charge in [-0.15, -0.1) is 23.5 Å². The Morgan fingerprint density at radius 1 is 0.857 bits per heavy atom. The quantitative estimate of drug-likeness (QED) is 0.615. The van der Waals surface area contributed by atoms with E-state index in [-0.39, 0.29) is 0 Å². The molecule has 0 saturated carbocycles. The van der Waals surface area contributed by atoms with Crippen LogP contribution in [0.2, 0.25) is 0 Å². The lowest BCUT2D eigenvalue weighted by Crippen LogP contribution is -2.19. The summed E-state index contributed by atoms with van der Waals surface area (Å²) in [6.07, 6.45) is 2.61. The zero-order valence-electron chi connectivity index (χ0n) is 10.8. The maximum Gasteiger partial charge on any atom is 0.0512 e. The molecule has 0 aromatic rings. The maximum atomic E-state index is 2.31. The summed E-state index contributed by atoms with van der Waals surface area (Å²) in [5.41, 5.74) is 0. The van der Waals surface area contributed by atoms with E-state index in [1.807, 2.05) is 0 Å². The molecule has 0 aliphatic rings. The van der Waals surface area contributed by atoms with Crippen LogP contribution in [0.4, 0.5) is 0 Å². The second-order valence-corrected chi connectivity index (χ2v) is 10.0. The van der Waals surface area contributed by atoms with Crippen LogP contribution in [0.5, 0.6) is 0 Å². The summed E-state index contributed by atoms with van der Waals surface area (Å²) in [6.45, 7) is 16.1. The molecule has 0 aliphatic carbocycles. The van der Waals surface area contributed by atoms with Gasteiger partial charge < -0.3 is 0 Å². The number of hydrogen-bond acceptors (Lipinski definition) is 2. The third-order valence-electron chi connectivity index (χ3n) is 1.49. The van der Waals surface area contributed by atoms with Gasteiger partial charge in [-0.3, -0.25) is 0 Å². The molecule has 0 aromatic carbocycles. The molecule has 0 spiro atoms. The predicted molar refractivity (Wildman–Crippen MR) is 73.4 cm³/mol. The van der Waals surface area contributed by atoms with Crippen molar-refractivity contribution in [2.45, 2.75) is 75.4 Å². The topological polar surface area (TPSA) is 0 Å². The first kappa shape index (κ1) is 14.7. The monoisotopic (exact) mass is 234 g/mol. The van der Waals surface area contributed by atoms with E-state index in [1.165, 1.54) is 12.8 Å². The van der Waals surface area contributed by atoms with Gasteiger partial charge in [0.1, 0.15) is 0 Å². The van der Waals surface area contributed by atoms with Crippen molar-refractivity contribution in [3.8, 4) is 0 Å². The zero-order chi connectivity index (χ0) is 11.4. The SMILES string of the molecule is CCCC(SC(C)(C)C)SC(C)(C)C. The van der Waals surface area contributed by atoms with Crippen LogP contribution in [0.3, 0.4) is 0 Å². The van der Waals surface area contributed by atoms with Gasteiger partial charge in [0.05, 0.1) is 4.58 Å². The van der Waals surface area contributed by atoms with Crippen LogP contribution in [0.1, 0.15) is 61.3 Å². The normalized spacial score (nSPS) is 13.7. The van der Waals surface area contributed by atoms with Gasteiger partial charge in [0.15, 0.2) is 0 Å². The second-order valence-electron chi connectivity index (χ2n) is 5.68. The average molecular weight is 234 g/mol. The van der Waals surface area contributed by atoms with Crippen LogP contribution in [-0.2, 0) is 0 Å². The molecule has 0 aromatic heterocycles. The molecule has 86 valence electrons. The van der Waals surface area contributed by atoms with Gasteiger partial charge in [-0.2, -0.15) is 0 Å². The maximum absolute atomic E-state index is 2.31. The summed E-state index contributed by atoms with van der Waals surface area (Å²) in [5, 5.41) is 0. The molecular weight excluding hydrogens is 208 g/mol. The van der Waals surface area contributed by atoms with Gasteiger partial charge >= 0.3 is 0 Å². The van der Waals surface area contributed by atoms with E-state index in [2.05, 4.69) is 72.0 Å². The zero-order valence-corrected chi connectivity index (χ0v) is 12.4. The van der Waals surface area contributed by atoms with Crippen LogP contribution in [0.25, 0.3) is 0 Å². The number of thioether (sulfide) groups is 2. The van der Waals surface area contributed by atoms with E-state index in [1.54, 1.807) is 0 Å². The van der Waals surface area contributed by atoms with Crippen LogP contribution < -0.4 is 0 Å². The Bertz CT molecular complexity index is 135. The molecule has 0 bridgehead atoms. The fraction of sp³-hybridized carbons (Fsp3) is 1.00. The van der Waals surface area contributed by atoms with Crippen molar-refractivity contribution >= 4 is 23.5 Å². The Morgan fingerprint density at radius 3 is 1.43 bits per heavy atom. The summed E-state index contributed by atoms with van der Waals surface area (Å²) in [6, 6.07) is 0. The van der Waals surface area contributed by atoms with Gasteiger partial charge in [0.25, 0.3) is 0 Å². The Kier molecular flexibility index (Phi) is 5.98. The molecule has 0 nitrogen and oxygen atoms in total. The van der Waals surface area contributed by atoms with Crippen LogP contribution in [0.15, 0.2) is 0 Å². The smallest absolute Gasteiger partial charge is 0.0512 e. The number of hydrogen-bond donors (Lipinski definition) is 0. The lowest BCUT2D eigenvalue weighted by molar-refractivity contribution is 0.771. The third-order valence-corrected chi connectivity index (χ3v) is 4.48. The molecular formula is C12H26S2. The molecule has 0 amide bonds. The predicted octanol–water partition coefficient (Wildman–Crippen LogP) is 5.18. The molecule has 0 fully saturated rings. The highest BCUT2D eigenvalue weighted by molar-refractivity contribution is 8.18. The summed E-state index contributed by atoms with van der Waals surface area (Å²) >= 11 is 4.23. The Balaban J connectivity index is 4.16. The lowest BCUT2D eigenvalue weighted by Gasteiger charge is -2.30. The van der Waals surface area contributed by atoms with E-state index >= 15 is 0 Å². The fourth-order valence-electron chi connectivity index (χ4n) is 1.17. The van der Waals surface area contributed by atoms with Gasteiger partial charge in [0.2, 0.25) is 0 Å². The standard InChI is InChI=1S/C12H26S2/c1-8-9-10(13-11(2,3)4)14-12(5,6)7/h10H,8-9H2,1-7H3. The van der Waals surface area contributed by atoms with Crippen LogP contribution in [0, 0.1) is 0 Å². The van der Waals surface area contributed by atoms with Crippen molar-refractivity contribution in [3.63, 3.8) is 0 Å². The van der Waals surface area contributed by atoms with Crippen molar-refractivity contribution in [3.05, 3.63) is 0 Å². The van der Waals surface area contributed by atoms with Crippen LogP contribution >= 0.6 is 23.5 Å². The van der Waals surface area contributed by atoms with Crippen molar-refractivity contribution in [2.75, 3.05) is 0 Å². The van der Waals surface area contributed by atoms with E-state index in [9.17, 15) is 0 Å². The van der Waals surface area contributed by atoms with Gasteiger partial charge in [-0.1, -0.05) is 54.9 Å². The molecule has 0 N–H and O–H groups in total. The lowest BCUT2D eigenvalue weighted by atomic mass is 10.3. The van der Waals surface area contributed by atoms with Crippen molar-refractivity contribution < 1.29 is 0 Å². The molecule has 0 heterocycles. The summed E-state index contributed by atoms with van der Waals surface area (Å²) < 4.78 is 1.52. The molecule has 0 rings (SSSR count). The average Bonchev–Trinajstić information content (AvgIpc) is 1.78. The first-order valence-electron chi connectivity index (χ1n) is 5.50. The Morgan fingerprint density at radius 2 is 1.21 bits per heavy atom. The summed E-state index contributed by atoms with van der Waals surface area (Å²) in [5.74, 6) is 0. The molecule has 14 heavy (non-hydrogen) atoms. The van der Waals surface area contributed by atoms with E-state index < -0.39 is 0 Å². The molecule has 2 heteroatoms. The molecule has 0 atom stereocenters. The van der Waals surface area contributed by atoms with E-state index in [0.717, 1.165) is 4.58 Å². The summed E-state index contributed by atoms with van der Waals surface area (Å²) in [7, 11) is 0. The summed E-state index contributed by atoms with van der Waals surface area (Å²) in [4.78, 5) is 0. The minimum absolute atomic E-state index is 0.387. The Hall–Kier alpha value is 0.700. The van der Waals surface area contributed by atoms with Crippen molar-refractivity contribution in [1.29, 1.82) is 0 Å². The minimum Gasteiger partial charge on any atom is -0.142 e. The fourth-order valence-corrected chi connectivity index (χ4v) is 5.38. The van der Waals surface area contributed by atoms with E-state index in [4.69, 9.17) is 0 Å². The Labute approximate surface area is 99.0 Å². The molecule has 0 aliphatic heterocycles. The highest BCUT2D eigenvalue weighted by Crippen LogP contribution is 2.42. The van der Waals surface area contributed by atoms with Crippen molar-refractivity contribution in [1.82, 2.24) is 0 Å². The van der Waals surface area contributed by atoms with Crippen LogP contribution in [-0.4, -0.2) is 14.1 Å². The minimum atomic E-state index is 0.387. The second kappa shape index (κ2) is 5.69. The van der Waals surface area contributed by atoms with E-state index in [0.29, 0.717) is 9.49 Å². The molecule has 0 saturated heterocycles. The first-order chi connectivity index (χ1) is 6.14. The van der Waals surface area contributed by atoms with Gasteiger partial charge in [0, 0.05) is 9.49 Å².